The highest BCUT2D eigenvalue weighted by Crippen LogP contribution is 2.45. The summed E-state index contributed by atoms with van der Waals surface area (Å²) in [5.74, 6) is 2.16. The highest BCUT2D eigenvalue weighted by Gasteiger charge is 2.44. The zero-order chi connectivity index (χ0) is 25.0. The van der Waals surface area contributed by atoms with Crippen LogP contribution >= 0.6 is 22.7 Å². The first-order valence-electron chi connectivity index (χ1n) is 12.4. The number of ether oxygens (including phenoxy) is 2. The zero-order valence-corrected chi connectivity index (χ0v) is 21.8. The second kappa shape index (κ2) is 10.7. The lowest BCUT2D eigenvalue weighted by atomic mass is 9.79. The van der Waals surface area contributed by atoms with Gasteiger partial charge in [0.2, 0.25) is 0 Å². The fourth-order valence-corrected chi connectivity index (χ4v) is 6.49. The van der Waals surface area contributed by atoms with Crippen molar-refractivity contribution in [3.05, 3.63) is 105 Å². The number of allylic oxidation sites excluding steroid dienone is 1. The van der Waals surface area contributed by atoms with Crippen LogP contribution < -0.4 is 9.47 Å². The molecule has 1 fully saturated rings. The number of hydrogen-bond acceptors (Lipinski definition) is 6. The van der Waals surface area contributed by atoms with Gasteiger partial charge in [-0.05, 0) is 90.2 Å². The lowest BCUT2D eigenvalue weighted by Gasteiger charge is -2.28. The highest BCUT2D eigenvalue weighted by atomic mass is 32.1. The van der Waals surface area contributed by atoms with Gasteiger partial charge in [-0.1, -0.05) is 30.3 Å². The van der Waals surface area contributed by atoms with Crippen LogP contribution in [-0.4, -0.2) is 23.2 Å². The molecular weight excluding hydrogens is 500 g/mol. The Hall–Kier alpha value is -3.68. The molecule has 1 amide bonds. The van der Waals surface area contributed by atoms with Crippen LogP contribution in [0.3, 0.4) is 0 Å². The van der Waals surface area contributed by atoms with Crippen molar-refractivity contribution in [1.82, 2.24) is 5.01 Å². The van der Waals surface area contributed by atoms with Crippen molar-refractivity contribution in [2.75, 3.05) is 6.61 Å². The molecule has 0 radical (unpaired) electrons. The van der Waals surface area contributed by atoms with Crippen LogP contribution in [0, 0.1) is 5.92 Å². The van der Waals surface area contributed by atoms with Crippen LogP contribution in [-0.2, 0) is 4.79 Å². The molecule has 186 valence electrons. The molecule has 2 aromatic carbocycles. The highest BCUT2D eigenvalue weighted by molar-refractivity contribution is 7.11. The van der Waals surface area contributed by atoms with E-state index in [1.807, 2.05) is 60.7 Å². The second-order valence-corrected chi connectivity index (χ2v) is 11.0. The maximum absolute atomic E-state index is 13.5. The Kier molecular flexibility index (Phi) is 6.88. The summed E-state index contributed by atoms with van der Waals surface area (Å²) in [7, 11) is 0. The Labute approximate surface area is 224 Å². The number of carbonyl (C=O) groups is 1. The fourth-order valence-electron chi connectivity index (χ4n) is 4.93. The van der Waals surface area contributed by atoms with Crippen LogP contribution in [0.25, 0.3) is 6.08 Å². The minimum Gasteiger partial charge on any atom is -0.484 e. The molecule has 2 aliphatic rings. The van der Waals surface area contributed by atoms with Crippen molar-refractivity contribution < 1.29 is 14.3 Å². The van der Waals surface area contributed by atoms with Gasteiger partial charge in [0.05, 0.1) is 11.8 Å². The third-order valence-corrected chi connectivity index (χ3v) is 8.38. The number of fused-ring (bicyclic) bond motifs is 1. The third kappa shape index (κ3) is 5.24. The monoisotopic (exact) mass is 526 g/mol. The predicted molar refractivity (Wildman–Crippen MR) is 149 cm³/mol. The van der Waals surface area contributed by atoms with Gasteiger partial charge in [-0.15, -0.1) is 22.7 Å². The summed E-state index contributed by atoms with van der Waals surface area (Å²) in [6.45, 7) is -0.0752. The summed E-state index contributed by atoms with van der Waals surface area (Å²) in [6.07, 6.45) is 5.35. The van der Waals surface area contributed by atoms with Crippen LogP contribution in [0.15, 0.2) is 100 Å². The summed E-state index contributed by atoms with van der Waals surface area (Å²) in [4.78, 5) is 15.8. The summed E-state index contributed by atoms with van der Waals surface area (Å²) in [6, 6.07) is 25.2. The molecule has 7 heteroatoms. The molecular formula is C30H26N2O3S2. The first-order chi connectivity index (χ1) is 18.2. The van der Waals surface area contributed by atoms with Crippen LogP contribution in [0.5, 0.6) is 17.2 Å². The van der Waals surface area contributed by atoms with Crippen LogP contribution in [0.1, 0.15) is 35.1 Å². The van der Waals surface area contributed by atoms with Crippen molar-refractivity contribution in [2.45, 2.75) is 25.3 Å². The smallest absolute Gasteiger partial charge is 0.281 e. The van der Waals surface area contributed by atoms with E-state index in [9.17, 15) is 4.79 Å². The van der Waals surface area contributed by atoms with Gasteiger partial charge in [0.1, 0.15) is 17.2 Å². The van der Waals surface area contributed by atoms with E-state index in [4.69, 9.17) is 14.6 Å². The van der Waals surface area contributed by atoms with Gasteiger partial charge in [-0.2, -0.15) is 5.10 Å². The zero-order valence-electron chi connectivity index (χ0n) is 20.2. The van der Waals surface area contributed by atoms with Crippen molar-refractivity contribution in [3.63, 3.8) is 0 Å². The van der Waals surface area contributed by atoms with E-state index in [1.54, 1.807) is 27.7 Å². The molecule has 1 aliphatic carbocycles. The van der Waals surface area contributed by atoms with E-state index in [-0.39, 0.29) is 24.5 Å². The number of benzene rings is 2. The molecule has 0 spiro atoms. The maximum atomic E-state index is 13.5. The number of para-hydroxylation sites is 1. The van der Waals surface area contributed by atoms with Gasteiger partial charge >= 0.3 is 0 Å². The normalized spacial score (nSPS) is 19.9. The maximum Gasteiger partial charge on any atom is 0.281 e. The molecule has 2 aromatic heterocycles. The number of hydrogen-bond donors (Lipinski definition) is 0. The number of nitrogens with zero attached hydrogens (tertiary/aromatic N) is 2. The minimum absolute atomic E-state index is 0.0752. The number of hydrazone groups is 1. The van der Waals surface area contributed by atoms with E-state index in [1.165, 1.54) is 10.5 Å². The van der Waals surface area contributed by atoms with Crippen molar-refractivity contribution in [2.24, 2.45) is 11.0 Å². The molecule has 3 heterocycles. The summed E-state index contributed by atoms with van der Waals surface area (Å²) in [5.41, 5.74) is 2.29. The Balaban J connectivity index is 1.18. The SMILES string of the molecule is O=C(COc1ccc(Oc2ccccc2)cc1)N1N=C2/C(=C\c3cccs3)CCC[C@@H]2[C@H]1c1cccs1. The minimum atomic E-state index is -0.139. The number of carbonyl (C=O) groups excluding carboxylic acids is 1. The van der Waals surface area contributed by atoms with Gasteiger partial charge in [0.15, 0.2) is 6.61 Å². The number of rotatable bonds is 7. The van der Waals surface area contributed by atoms with Crippen molar-refractivity contribution >= 4 is 40.4 Å². The summed E-state index contributed by atoms with van der Waals surface area (Å²) < 4.78 is 11.7. The topological polar surface area (TPSA) is 51.1 Å². The molecule has 0 N–H and O–H groups in total. The molecule has 5 nitrogen and oxygen atoms in total. The van der Waals surface area contributed by atoms with Crippen molar-refractivity contribution in [1.29, 1.82) is 0 Å². The van der Waals surface area contributed by atoms with E-state index in [0.29, 0.717) is 11.5 Å². The lowest BCUT2D eigenvalue weighted by Crippen LogP contribution is -2.34. The Morgan fingerprint density at radius 3 is 2.43 bits per heavy atom. The van der Waals surface area contributed by atoms with Gasteiger partial charge in [0, 0.05) is 15.7 Å². The molecule has 37 heavy (non-hydrogen) atoms. The van der Waals surface area contributed by atoms with E-state index in [2.05, 4.69) is 35.0 Å². The fraction of sp³-hybridized carbons (Fsp3) is 0.200. The van der Waals surface area contributed by atoms with Gasteiger partial charge in [-0.3, -0.25) is 4.79 Å². The Morgan fingerprint density at radius 2 is 1.68 bits per heavy atom. The number of thiophene rings is 2. The molecule has 2 atom stereocenters. The van der Waals surface area contributed by atoms with Gasteiger partial charge < -0.3 is 9.47 Å². The Bertz CT molecular complexity index is 1400. The average Bonchev–Trinajstić information content (AvgIpc) is 3.70. The molecule has 0 saturated heterocycles. The molecule has 0 bridgehead atoms. The molecule has 4 aromatic rings. The Morgan fingerprint density at radius 1 is 0.919 bits per heavy atom. The number of amides is 1. The van der Waals surface area contributed by atoms with E-state index < -0.39 is 0 Å². The molecule has 1 saturated carbocycles. The summed E-state index contributed by atoms with van der Waals surface area (Å²) in [5, 5.41) is 10.8. The second-order valence-electron chi connectivity index (χ2n) is 9.04. The molecule has 0 unspecified atom stereocenters. The third-order valence-electron chi connectivity index (χ3n) is 6.62. The first kappa shape index (κ1) is 23.7. The predicted octanol–water partition coefficient (Wildman–Crippen LogP) is 7.80. The van der Waals surface area contributed by atoms with Crippen molar-refractivity contribution in [3.8, 4) is 17.2 Å². The summed E-state index contributed by atoms with van der Waals surface area (Å²) >= 11 is 3.41. The van der Waals surface area contributed by atoms with Crippen LogP contribution in [0.4, 0.5) is 0 Å². The lowest BCUT2D eigenvalue weighted by molar-refractivity contribution is -0.135. The molecule has 6 rings (SSSR count). The van der Waals surface area contributed by atoms with Gasteiger partial charge in [0.25, 0.3) is 5.91 Å². The van der Waals surface area contributed by atoms with Crippen LogP contribution in [0.2, 0.25) is 0 Å². The van der Waals surface area contributed by atoms with E-state index >= 15 is 0 Å². The standard InChI is InChI=1S/C30H26N2O3S2/c33-28(20-34-22-13-15-24(16-14-22)35-23-8-2-1-3-9-23)32-30(27-12-6-18-37-27)26-11-4-7-21(29(26)31-32)19-25-10-5-17-36-25/h1-3,5-6,8-10,12-19,26,30H,4,7,11,20H2/b21-19-/t26-,30-/m0/s1. The van der Waals surface area contributed by atoms with E-state index in [0.717, 1.165) is 35.6 Å². The van der Waals surface area contributed by atoms with Gasteiger partial charge in [-0.25, -0.2) is 5.01 Å². The largest absolute Gasteiger partial charge is 0.484 e. The quantitative estimate of drug-likeness (QED) is 0.247. The molecule has 1 aliphatic heterocycles. The average molecular weight is 527 g/mol. The first-order valence-corrected chi connectivity index (χ1v) is 14.1.